The van der Waals surface area contributed by atoms with Crippen molar-refractivity contribution >= 4 is 11.7 Å². The molecule has 0 rings (SSSR count). The summed E-state index contributed by atoms with van der Waals surface area (Å²) in [6.45, 7) is 9.85. The molecule has 18 heavy (non-hydrogen) atoms. The largest absolute Gasteiger partial charge is 0.355 e. The normalized spacial score (nSPS) is 11.3. The van der Waals surface area contributed by atoms with Gasteiger partial charge in [-0.25, -0.2) is 0 Å². The van der Waals surface area contributed by atoms with Gasteiger partial charge in [-0.15, -0.1) is 0 Å². The Morgan fingerprint density at radius 2 is 1.78 bits per heavy atom. The van der Waals surface area contributed by atoms with Crippen molar-refractivity contribution in [3.8, 4) is 0 Å². The maximum absolute atomic E-state index is 11.6. The molecule has 106 valence electrons. The Hall–Kier alpha value is -0.900. The van der Waals surface area contributed by atoms with Gasteiger partial charge >= 0.3 is 0 Å². The quantitative estimate of drug-likeness (QED) is 0.587. The van der Waals surface area contributed by atoms with Crippen LogP contribution >= 0.6 is 0 Å². The molecule has 0 fully saturated rings. The summed E-state index contributed by atoms with van der Waals surface area (Å²) >= 11 is 0. The Bertz CT molecular complexity index is 263. The minimum absolute atomic E-state index is 0.113. The molecule has 1 amide bonds. The lowest BCUT2D eigenvalue weighted by Crippen LogP contribution is -2.39. The van der Waals surface area contributed by atoms with Gasteiger partial charge in [0.25, 0.3) is 0 Å². The van der Waals surface area contributed by atoms with Gasteiger partial charge in [-0.1, -0.05) is 34.1 Å². The van der Waals surface area contributed by atoms with Gasteiger partial charge in [0, 0.05) is 37.9 Å². The van der Waals surface area contributed by atoms with Crippen LogP contribution in [-0.4, -0.2) is 31.3 Å². The molecule has 0 unspecified atom stereocenters. The van der Waals surface area contributed by atoms with E-state index in [9.17, 15) is 9.59 Å². The summed E-state index contributed by atoms with van der Waals surface area (Å²) in [4.78, 5) is 22.9. The third-order valence-corrected chi connectivity index (χ3v) is 3.02. The van der Waals surface area contributed by atoms with E-state index in [2.05, 4.69) is 17.6 Å². The van der Waals surface area contributed by atoms with Gasteiger partial charge in [0.2, 0.25) is 5.91 Å². The van der Waals surface area contributed by atoms with Crippen LogP contribution in [0.2, 0.25) is 0 Å². The van der Waals surface area contributed by atoms with E-state index in [0.29, 0.717) is 32.5 Å². The first kappa shape index (κ1) is 17.1. The average molecular weight is 256 g/mol. The molecule has 0 atom stereocenters. The summed E-state index contributed by atoms with van der Waals surface area (Å²) in [7, 11) is 0. The van der Waals surface area contributed by atoms with Crippen LogP contribution in [0.5, 0.6) is 0 Å². The van der Waals surface area contributed by atoms with Crippen LogP contribution in [0.15, 0.2) is 0 Å². The van der Waals surface area contributed by atoms with E-state index in [1.165, 1.54) is 0 Å². The van der Waals surface area contributed by atoms with E-state index in [0.717, 1.165) is 12.8 Å². The van der Waals surface area contributed by atoms with Gasteiger partial charge in [0.1, 0.15) is 5.78 Å². The molecule has 0 radical (unpaired) electrons. The molecule has 4 heteroatoms. The van der Waals surface area contributed by atoms with Gasteiger partial charge in [-0.05, 0) is 6.42 Å². The van der Waals surface area contributed by atoms with Crippen molar-refractivity contribution in [3.05, 3.63) is 0 Å². The summed E-state index contributed by atoms with van der Waals surface area (Å²) in [5, 5.41) is 6.08. The number of Topliss-reactive ketones (excluding diaryl/α,β-unsaturated/α-hetero) is 1. The highest BCUT2D eigenvalue weighted by atomic mass is 16.1. The first-order valence-corrected chi connectivity index (χ1v) is 6.94. The predicted octanol–water partition coefficient (Wildman–Crippen LogP) is 1.89. The molecule has 0 aromatic carbocycles. The fourth-order valence-electron chi connectivity index (χ4n) is 1.69. The number of unbranched alkanes of at least 4 members (excludes halogenated alkanes) is 1. The summed E-state index contributed by atoms with van der Waals surface area (Å²) in [5.74, 6) is 0.379. The lowest BCUT2D eigenvalue weighted by molar-refractivity contribution is -0.126. The number of hydrogen-bond donors (Lipinski definition) is 2. The van der Waals surface area contributed by atoms with Crippen molar-refractivity contribution in [2.75, 3.05) is 19.6 Å². The first-order chi connectivity index (χ1) is 8.44. The van der Waals surface area contributed by atoms with Gasteiger partial charge in [-0.2, -0.15) is 0 Å². The van der Waals surface area contributed by atoms with E-state index < -0.39 is 0 Å². The van der Waals surface area contributed by atoms with Crippen LogP contribution in [0.3, 0.4) is 0 Å². The predicted molar refractivity (Wildman–Crippen MR) is 74.5 cm³/mol. The fourth-order valence-corrected chi connectivity index (χ4v) is 1.69. The molecule has 0 bridgehead atoms. The standard InChI is InChI=1S/C14H28N2O2/c1-5-7-8-13(18)16-10-9-15-11-14(3,4)12(17)6-2/h15H,5-11H2,1-4H3,(H,16,18). The molecule has 0 aromatic rings. The number of nitrogens with one attached hydrogen (secondary N) is 2. The van der Waals surface area contributed by atoms with Gasteiger partial charge in [0.05, 0.1) is 0 Å². The number of hydrogen-bond acceptors (Lipinski definition) is 3. The minimum Gasteiger partial charge on any atom is -0.355 e. The topological polar surface area (TPSA) is 58.2 Å². The fraction of sp³-hybridized carbons (Fsp3) is 0.857. The van der Waals surface area contributed by atoms with Gasteiger partial charge in [-0.3, -0.25) is 9.59 Å². The van der Waals surface area contributed by atoms with E-state index in [4.69, 9.17) is 0 Å². The van der Waals surface area contributed by atoms with Gasteiger partial charge in [0.15, 0.2) is 0 Å². The number of carbonyl (C=O) groups excluding carboxylic acids is 2. The minimum atomic E-state index is -0.318. The smallest absolute Gasteiger partial charge is 0.220 e. The molecule has 2 N–H and O–H groups in total. The lowest BCUT2D eigenvalue weighted by atomic mass is 9.86. The highest BCUT2D eigenvalue weighted by molar-refractivity contribution is 5.83. The Labute approximate surface area is 111 Å². The second-order valence-corrected chi connectivity index (χ2v) is 5.29. The monoisotopic (exact) mass is 256 g/mol. The zero-order valence-corrected chi connectivity index (χ0v) is 12.3. The maximum Gasteiger partial charge on any atom is 0.220 e. The molecule has 0 aliphatic carbocycles. The van der Waals surface area contributed by atoms with Crippen molar-refractivity contribution in [1.82, 2.24) is 10.6 Å². The third-order valence-electron chi connectivity index (χ3n) is 3.02. The van der Waals surface area contributed by atoms with Crippen LogP contribution < -0.4 is 10.6 Å². The Kier molecular flexibility index (Phi) is 8.63. The van der Waals surface area contributed by atoms with Crippen LogP contribution in [0, 0.1) is 5.41 Å². The number of amides is 1. The third kappa shape index (κ3) is 7.43. The van der Waals surface area contributed by atoms with Crippen molar-refractivity contribution in [1.29, 1.82) is 0 Å². The van der Waals surface area contributed by atoms with Crippen molar-refractivity contribution in [2.45, 2.75) is 53.4 Å². The second kappa shape index (κ2) is 9.09. The zero-order chi connectivity index (χ0) is 14.0. The van der Waals surface area contributed by atoms with E-state index in [-0.39, 0.29) is 17.1 Å². The van der Waals surface area contributed by atoms with E-state index in [1.807, 2.05) is 20.8 Å². The Morgan fingerprint density at radius 1 is 1.11 bits per heavy atom. The SMILES string of the molecule is CCCCC(=O)NCCNCC(C)(C)C(=O)CC. The number of carbonyl (C=O) groups is 2. The Balaban J connectivity index is 3.62. The van der Waals surface area contributed by atoms with Crippen LogP contribution in [0.25, 0.3) is 0 Å². The molecule has 4 nitrogen and oxygen atoms in total. The molecular weight excluding hydrogens is 228 g/mol. The molecule has 0 spiro atoms. The van der Waals surface area contributed by atoms with Crippen LogP contribution in [0.4, 0.5) is 0 Å². The highest BCUT2D eigenvalue weighted by Crippen LogP contribution is 2.16. The molecule has 0 saturated heterocycles. The highest BCUT2D eigenvalue weighted by Gasteiger charge is 2.24. The summed E-state index contributed by atoms with van der Waals surface area (Å²) in [6, 6.07) is 0. The molecule has 0 saturated carbocycles. The summed E-state index contributed by atoms with van der Waals surface area (Å²) < 4.78 is 0. The number of rotatable bonds is 10. The van der Waals surface area contributed by atoms with Crippen molar-refractivity contribution in [3.63, 3.8) is 0 Å². The number of ketones is 1. The molecule has 0 aromatic heterocycles. The summed E-state index contributed by atoms with van der Waals surface area (Å²) in [5.41, 5.74) is -0.318. The molecular formula is C14H28N2O2. The average Bonchev–Trinajstić information content (AvgIpc) is 2.34. The van der Waals surface area contributed by atoms with E-state index in [1.54, 1.807) is 0 Å². The van der Waals surface area contributed by atoms with E-state index >= 15 is 0 Å². The second-order valence-electron chi connectivity index (χ2n) is 5.29. The molecule has 0 aliphatic heterocycles. The van der Waals surface area contributed by atoms with Crippen molar-refractivity contribution in [2.24, 2.45) is 5.41 Å². The van der Waals surface area contributed by atoms with Crippen molar-refractivity contribution < 1.29 is 9.59 Å². The summed E-state index contributed by atoms with van der Waals surface area (Å²) in [6.07, 6.45) is 3.16. The maximum atomic E-state index is 11.6. The zero-order valence-electron chi connectivity index (χ0n) is 12.3. The Morgan fingerprint density at radius 3 is 2.33 bits per heavy atom. The first-order valence-electron chi connectivity index (χ1n) is 6.94. The molecule has 0 heterocycles. The molecule has 0 aliphatic rings. The van der Waals surface area contributed by atoms with Gasteiger partial charge < -0.3 is 10.6 Å². The lowest BCUT2D eigenvalue weighted by Gasteiger charge is -2.22. The van der Waals surface area contributed by atoms with Crippen LogP contribution in [-0.2, 0) is 9.59 Å². The van der Waals surface area contributed by atoms with Crippen LogP contribution in [0.1, 0.15) is 53.4 Å².